The number of aryl methyl sites for hydroxylation is 1. The van der Waals surface area contributed by atoms with Gasteiger partial charge in [-0.25, -0.2) is 0 Å². The molecule has 0 radical (unpaired) electrons. The Morgan fingerprint density at radius 3 is 2.65 bits per heavy atom. The van der Waals surface area contributed by atoms with Crippen LogP contribution in [0.25, 0.3) is 0 Å². The van der Waals surface area contributed by atoms with Crippen molar-refractivity contribution in [3.05, 3.63) is 23.8 Å². The number of phenols is 1. The maximum atomic E-state index is 9.61. The van der Waals surface area contributed by atoms with Crippen LogP contribution in [0.5, 0.6) is 11.5 Å². The molecule has 112 valence electrons. The molecule has 0 aromatic heterocycles. The fraction of sp³-hybridized carbons (Fsp3) is 0.625. The third-order valence-electron chi connectivity index (χ3n) is 3.76. The Labute approximate surface area is 120 Å². The Kier molecular flexibility index (Phi) is 5.26. The van der Waals surface area contributed by atoms with Crippen LogP contribution in [-0.4, -0.2) is 31.2 Å². The predicted octanol–water partition coefficient (Wildman–Crippen LogP) is 3.27. The van der Waals surface area contributed by atoms with Crippen molar-refractivity contribution in [3.8, 4) is 11.5 Å². The van der Waals surface area contributed by atoms with Crippen LogP contribution in [0.3, 0.4) is 0 Å². The molecule has 1 aromatic rings. The Morgan fingerprint density at radius 1 is 1.25 bits per heavy atom. The lowest BCUT2D eigenvalue weighted by atomic mass is 9.99. The highest BCUT2D eigenvalue weighted by atomic mass is 16.7. The number of hydrogen-bond donors (Lipinski definition) is 1. The molecular formula is C16H24O4. The molecule has 0 spiro atoms. The van der Waals surface area contributed by atoms with E-state index in [1.165, 1.54) is 0 Å². The van der Waals surface area contributed by atoms with E-state index in [0.29, 0.717) is 19.0 Å². The fourth-order valence-corrected chi connectivity index (χ4v) is 2.57. The van der Waals surface area contributed by atoms with E-state index in [1.54, 1.807) is 13.2 Å². The van der Waals surface area contributed by atoms with Gasteiger partial charge < -0.3 is 19.3 Å². The van der Waals surface area contributed by atoms with Gasteiger partial charge in [-0.15, -0.1) is 0 Å². The zero-order valence-corrected chi connectivity index (χ0v) is 12.4. The Balaban J connectivity index is 1.98. The Morgan fingerprint density at radius 2 is 2.00 bits per heavy atom. The maximum absolute atomic E-state index is 9.61. The topological polar surface area (TPSA) is 47.9 Å². The van der Waals surface area contributed by atoms with Crippen molar-refractivity contribution in [3.63, 3.8) is 0 Å². The maximum Gasteiger partial charge on any atom is 0.168 e. The zero-order chi connectivity index (χ0) is 14.4. The summed E-state index contributed by atoms with van der Waals surface area (Å²) in [6.07, 6.45) is 4.88. The molecule has 1 aliphatic heterocycles. The molecule has 1 saturated heterocycles. The molecule has 0 saturated carbocycles. The zero-order valence-electron chi connectivity index (χ0n) is 12.4. The van der Waals surface area contributed by atoms with Gasteiger partial charge in [-0.1, -0.05) is 19.4 Å². The minimum Gasteiger partial charge on any atom is -0.504 e. The monoisotopic (exact) mass is 280 g/mol. The first-order valence-electron chi connectivity index (χ1n) is 7.33. The lowest BCUT2D eigenvalue weighted by molar-refractivity contribution is -0.167. The van der Waals surface area contributed by atoms with E-state index in [9.17, 15) is 5.11 Å². The molecule has 0 bridgehead atoms. The third kappa shape index (κ3) is 3.64. The van der Waals surface area contributed by atoms with E-state index in [4.69, 9.17) is 14.2 Å². The minimum atomic E-state index is -0.416. The molecule has 20 heavy (non-hydrogen) atoms. The van der Waals surface area contributed by atoms with Crippen molar-refractivity contribution in [2.45, 2.75) is 44.8 Å². The summed E-state index contributed by atoms with van der Waals surface area (Å²) in [6, 6.07) is 5.46. The molecule has 2 rings (SSSR count). The first kappa shape index (κ1) is 15.1. The van der Waals surface area contributed by atoms with Crippen LogP contribution < -0.4 is 4.74 Å². The second kappa shape index (κ2) is 6.95. The van der Waals surface area contributed by atoms with Crippen LogP contribution in [0.15, 0.2) is 18.2 Å². The first-order chi connectivity index (χ1) is 9.69. The number of hydrogen-bond acceptors (Lipinski definition) is 4. The molecule has 1 fully saturated rings. The summed E-state index contributed by atoms with van der Waals surface area (Å²) in [5, 5.41) is 9.61. The number of rotatable bonds is 7. The van der Waals surface area contributed by atoms with Crippen LogP contribution in [-0.2, 0) is 15.9 Å². The number of unbranched alkanes of at least 4 members (excludes halogenated alkanes) is 1. The van der Waals surface area contributed by atoms with E-state index in [1.807, 2.05) is 12.1 Å². The van der Waals surface area contributed by atoms with E-state index >= 15 is 0 Å². The van der Waals surface area contributed by atoms with E-state index in [0.717, 1.165) is 37.7 Å². The van der Waals surface area contributed by atoms with Gasteiger partial charge >= 0.3 is 0 Å². The number of benzene rings is 1. The van der Waals surface area contributed by atoms with Gasteiger partial charge in [-0.2, -0.15) is 0 Å². The van der Waals surface area contributed by atoms with E-state index < -0.39 is 5.79 Å². The summed E-state index contributed by atoms with van der Waals surface area (Å²) >= 11 is 0. The lowest BCUT2D eigenvalue weighted by Gasteiger charge is -2.27. The average molecular weight is 280 g/mol. The quantitative estimate of drug-likeness (QED) is 0.832. The van der Waals surface area contributed by atoms with E-state index in [2.05, 4.69) is 6.92 Å². The summed E-state index contributed by atoms with van der Waals surface area (Å²) in [5.74, 6) is 0.268. The van der Waals surface area contributed by atoms with Gasteiger partial charge in [0.25, 0.3) is 0 Å². The van der Waals surface area contributed by atoms with Crippen LogP contribution in [0.2, 0.25) is 0 Å². The molecule has 4 heteroatoms. The first-order valence-corrected chi connectivity index (χ1v) is 7.33. The van der Waals surface area contributed by atoms with Crippen molar-refractivity contribution in [1.82, 2.24) is 0 Å². The highest BCUT2D eigenvalue weighted by Crippen LogP contribution is 2.32. The number of ether oxygens (including phenoxy) is 3. The summed E-state index contributed by atoms with van der Waals surface area (Å²) in [6.45, 7) is 3.54. The molecule has 0 amide bonds. The van der Waals surface area contributed by atoms with Gasteiger partial charge in [0.2, 0.25) is 0 Å². The van der Waals surface area contributed by atoms with Gasteiger partial charge in [0.15, 0.2) is 17.3 Å². The lowest BCUT2D eigenvalue weighted by Crippen LogP contribution is -2.30. The minimum absolute atomic E-state index is 0.172. The number of phenolic OH excluding ortho intramolecular Hbond substituents is 1. The van der Waals surface area contributed by atoms with Crippen LogP contribution >= 0.6 is 0 Å². The Bertz CT molecular complexity index is 424. The third-order valence-corrected chi connectivity index (χ3v) is 3.76. The van der Waals surface area contributed by atoms with Crippen LogP contribution in [0.1, 0.15) is 38.2 Å². The van der Waals surface area contributed by atoms with Gasteiger partial charge in [-0.3, -0.25) is 0 Å². The summed E-state index contributed by atoms with van der Waals surface area (Å²) in [7, 11) is 1.56. The van der Waals surface area contributed by atoms with Crippen molar-refractivity contribution >= 4 is 0 Å². The normalized spacial score (nSPS) is 17.3. The van der Waals surface area contributed by atoms with Crippen LogP contribution in [0, 0.1) is 0 Å². The number of aromatic hydroxyl groups is 1. The van der Waals surface area contributed by atoms with Crippen LogP contribution in [0.4, 0.5) is 0 Å². The average Bonchev–Trinajstić information content (AvgIpc) is 2.93. The Hall–Kier alpha value is -1.26. The van der Waals surface area contributed by atoms with Crippen molar-refractivity contribution in [2.24, 2.45) is 0 Å². The predicted molar refractivity (Wildman–Crippen MR) is 77.1 cm³/mol. The van der Waals surface area contributed by atoms with Gasteiger partial charge in [-0.05, 0) is 30.5 Å². The molecule has 1 heterocycles. The summed E-state index contributed by atoms with van der Waals surface area (Å²) in [5.41, 5.74) is 1.12. The summed E-state index contributed by atoms with van der Waals surface area (Å²) in [4.78, 5) is 0. The highest BCUT2D eigenvalue weighted by molar-refractivity contribution is 5.41. The van der Waals surface area contributed by atoms with Crippen molar-refractivity contribution < 1.29 is 19.3 Å². The highest BCUT2D eigenvalue weighted by Gasteiger charge is 2.35. The fourth-order valence-electron chi connectivity index (χ4n) is 2.57. The standard InChI is InChI=1S/C16H24O4/c1-3-4-8-16(19-10-11-20-16)9-7-13-5-6-14(17)15(12-13)18-2/h5-6,12,17H,3-4,7-11H2,1-2H3. The molecule has 1 aromatic carbocycles. The summed E-state index contributed by atoms with van der Waals surface area (Å²) < 4.78 is 16.8. The van der Waals surface area contributed by atoms with Crippen molar-refractivity contribution in [1.29, 1.82) is 0 Å². The molecule has 1 aliphatic rings. The number of methoxy groups -OCH3 is 1. The molecule has 1 N–H and O–H groups in total. The van der Waals surface area contributed by atoms with Crippen molar-refractivity contribution in [2.75, 3.05) is 20.3 Å². The SMILES string of the molecule is CCCCC1(CCc2ccc(O)c(OC)c2)OCCO1. The van der Waals surface area contributed by atoms with Gasteiger partial charge in [0.1, 0.15) is 0 Å². The molecule has 0 aliphatic carbocycles. The second-order valence-corrected chi connectivity index (χ2v) is 5.22. The smallest absolute Gasteiger partial charge is 0.168 e. The van der Waals surface area contributed by atoms with E-state index in [-0.39, 0.29) is 5.75 Å². The van der Waals surface area contributed by atoms with Gasteiger partial charge in [0, 0.05) is 12.8 Å². The largest absolute Gasteiger partial charge is 0.504 e. The second-order valence-electron chi connectivity index (χ2n) is 5.22. The molecule has 0 unspecified atom stereocenters. The molecule has 4 nitrogen and oxygen atoms in total. The molecule has 0 atom stereocenters. The molecular weight excluding hydrogens is 256 g/mol. The van der Waals surface area contributed by atoms with Gasteiger partial charge in [0.05, 0.1) is 20.3 Å².